The van der Waals surface area contributed by atoms with Crippen LogP contribution in [0.4, 0.5) is 0 Å². The van der Waals surface area contributed by atoms with Crippen molar-refractivity contribution in [1.82, 2.24) is 25.0 Å². The highest BCUT2D eigenvalue weighted by Crippen LogP contribution is 2.10. The molecule has 0 atom stereocenters. The normalized spacial score (nSPS) is 11.5. The summed E-state index contributed by atoms with van der Waals surface area (Å²) in [6.45, 7) is 3.99. The van der Waals surface area contributed by atoms with Crippen LogP contribution >= 0.6 is 0 Å². The molecule has 0 spiro atoms. The quantitative estimate of drug-likeness (QED) is 0.639. The molecule has 7 heteroatoms. The van der Waals surface area contributed by atoms with Gasteiger partial charge in [-0.15, -0.1) is 0 Å². The summed E-state index contributed by atoms with van der Waals surface area (Å²) < 4.78 is 1.75. The first kappa shape index (κ1) is 15.8. The van der Waals surface area contributed by atoms with E-state index in [-0.39, 0.29) is 5.75 Å². The second kappa shape index (κ2) is 7.44. The minimum absolute atomic E-state index is 0.263. The Labute approximate surface area is 130 Å². The molecule has 0 unspecified atom stereocenters. The second-order valence-electron chi connectivity index (χ2n) is 4.99. The molecule has 2 N–H and O–H groups in total. The van der Waals surface area contributed by atoms with Crippen LogP contribution in [0.2, 0.25) is 0 Å². The fraction of sp³-hybridized carbons (Fsp3) is 0.400. The molecule has 118 valence electrons. The number of hydrogen-bond acceptors (Lipinski definition) is 4. The summed E-state index contributed by atoms with van der Waals surface area (Å²) in [4.78, 5) is 10.8. The van der Waals surface area contributed by atoms with Crippen molar-refractivity contribution in [1.29, 1.82) is 0 Å². The zero-order valence-electron chi connectivity index (χ0n) is 13.2. The first-order valence-electron chi connectivity index (χ1n) is 7.20. The van der Waals surface area contributed by atoms with Gasteiger partial charge in [-0.3, -0.25) is 4.68 Å². The van der Waals surface area contributed by atoms with E-state index in [0.717, 1.165) is 23.9 Å². The Balaban J connectivity index is 2.05. The van der Waals surface area contributed by atoms with Gasteiger partial charge in [-0.05, 0) is 24.6 Å². The van der Waals surface area contributed by atoms with E-state index in [2.05, 4.69) is 20.4 Å². The molecule has 1 aromatic heterocycles. The summed E-state index contributed by atoms with van der Waals surface area (Å²) in [5.74, 6) is 1.94. The number of nitrogens with one attached hydrogen (secondary N) is 1. The largest absolute Gasteiger partial charge is 0.508 e. The van der Waals surface area contributed by atoms with Gasteiger partial charge in [0.25, 0.3) is 0 Å². The molecule has 2 aromatic rings. The van der Waals surface area contributed by atoms with Crippen LogP contribution in [0.1, 0.15) is 18.3 Å². The van der Waals surface area contributed by atoms with Crippen LogP contribution in [0.25, 0.3) is 0 Å². The van der Waals surface area contributed by atoms with Gasteiger partial charge in [0.1, 0.15) is 17.9 Å². The van der Waals surface area contributed by atoms with E-state index < -0.39 is 0 Å². The van der Waals surface area contributed by atoms with Gasteiger partial charge in [-0.1, -0.05) is 12.1 Å². The van der Waals surface area contributed by atoms with Crippen molar-refractivity contribution in [2.24, 2.45) is 12.0 Å². The minimum atomic E-state index is 0.263. The van der Waals surface area contributed by atoms with Crippen molar-refractivity contribution >= 4 is 5.96 Å². The third-order valence-corrected chi connectivity index (χ3v) is 3.23. The number of phenolic OH excluding ortho intramolecular Hbond substituents is 1. The molecule has 22 heavy (non-hydrogen) atoms. The third kappa shape index (κ3) is 4.21. The monoisotopic (exact) mass is 302 g/mol. The van der Waals surface area contributed by atoms with Gasteiger partial charge in [0.2, 0.25) is 0 Å². The Bertz CT molecular complexity index is 619. The van der Waals surface area contributed by atoms with Crippen LogP contribution in [0.5, 0.6) is 5.75 Å². The molecule has 2 rings (SSSR count). The van der Waals surface area contributed by atoms with Crippen molar-refractivity contribution in [2.75, 3.05) is 13.6 Å². The molecule has 1 aromatic carbocycles. The number of phenols is 1. The van der Waals surface area contributed by atoms with E-state index >= 15 is 0 Å². The predicted octanol–water partition coefficient (Wildman–Crippen LogP) is 1.12. The number of benzene rings is 1. The Morgan fingerprint density at radius 3 is 2.68 bits per heavy atom. The van der Waals surface area contributed by atoms with Gasteiger partial charge in [-0.2, -0.15) is 5.10 Å². The zero-order valence-corrected chi connectivity index (χ0v) is 13.2. The van der Waals surface area contributed by atoms with E-state index in [1.807, 2.05) is 38.1 Å². The first-order valence-corrected chi connectivity index (χ1v) is 7.20. The molecule has 1 heterocycles. The summed E-state index contributed by atoms with van der Waals surface area (Å²) in [5, 5.41) is 16.6. The maximum Gasteiger partial charge on any atom is 0.194 e. The fourth-order valence-electron chi connectivity index (χ4n) is 1.99. The number of rotatable bonds is 5. The van der Waals surface area contributed by atoms with Gasteiger partial charge in [0.15, 0.2) is 5.96 Å². The van der Waals surface area contributed by atoms with Gasteiger partial charge in [0.05, 0.1) is 13.1 Å². The number of aliphatic imine (C=N–C) groups is 1. The van der Waals surface area contributed by atoms with Crippen molar-refractivity contribution in [3.63, 3.8) is 0 Å². The fourth-order valence-corrected chi connectivity index (χ4v) is 1.99. The van der Waals surface area contributed by atoms with Crippen LogP contribution in [-0.2, 0) is 20.1 Å². The summed E-state index contributed by atoms with van der Waals surface area (Å²) in [5.41, 5.74) is 1.04. The molecule has 0 amide bonds. The highest BCUT2D eigenvalue weighted by Gasteiger charge is 2.09. The van der Waals surface area contributed by atoms with Crippen LogP contribution in [0.3, 0.4) is 0 Å². The molecule has 0 aliphatic heterocycles. The van der Waals surface area contributed by atoms with Crippen molar-refractivity contribution in [2.45, 2.75) is 20.0 Å². The maximum atomic E-state index is 9.30. The van der Waals surface area contributed by atoms with Gasteiger partial charge in [0, 0.05) is 20.6 Å². The molecule has 0 saturated heterocycles. The molecular formula is C15H22N6O. The summed E-state index contributed by atoms with van der Waals surface area (Å²) in [7, 11) is 3.84. The minimum Gasteiger partial charge on any atom is -0.508 e. The maximum absolute atomic E-state index is 9.30. The Hall–Kier alpha value is -2.57. The number of aryl methyl sites for hydroxylation is 1. The Kier molecular flexibility index (Phi) is 5.35. The van der Waals surface area contributed by atoms with E-state index in [1.54, 1.807) is 23.1 Å². The number of nitrogens with zero attached hydrogens (tertiary/aromatic N) is 5. The molecule has 0 saturated carbocycles. The standard InChI is InChI=1S/C15H22N6O/c1-4-16-15(17-9-12-5-7-13(22)8-6-12)20(2)10-14-18-11-19-21(14)3/h5-8,11,22H,4,9-10H2,1-3H3,(H,16,17). The average molecular weight is 302 g/mol. The molecule has 0 aliphatic rings. The lowest BCUT2D eigenvalue weighted by molar-refractivity contribution is 0.448. The van der Waals surface area contributed by atoms with Gasteiger partial charge < -0.3 is 15.3 Å². The predicted molar refractivity (Wildman–Crippen MR) is 85.4 cm³/mol. The SMILES string of the molecule is CCNC(=NCc1ccc(O)cc1)N(C)Cc1ncnn1C. The highest BCUT2D eigenvalue weighted by atomic mass is 16.3. The van der Waals surface area contributed by atoms with Crippen LogP contribution in [-0.4, -0.2) is 44.3 Å². The number of guanidine groups is 1. The Morgan fingerprint density at radius 1 is 1.36 bits per heavy atom. The smallest absolute Gasteiger partial charge is 0.194 e. The van der Waals surface area contributed by atoms with Crippen LogP contribution in [0, 0.1) is 0 Å². The highest BCUT2D eigenvalue weighted by molar-refractivity contribution is 5.79. The molecule has 0 aliphatic carbocycles. The van der Waals surface area contributed by atoms with Crippen molar-refractivity contribution in [3.8, 4) is 5.75 Å². The molecule has 0 bridgehead atoms. The van der Waals surface area contributed by atoms with E-state index in [9.17, 15) is 5.11 Å². The topological polar surface area (TPSA) is 78.6 Å². The number of aromatic hydroxyl groups is 1. The second-order valence-corrected chi connectivity index (χ2v) is 4.99. The first-order chi connectivity index (χ1) is 10.6. The van der Waals surface area contributed by atoms with Gasteiger partial charge >= 0.3 is 0 Å². The van der Waals surface area contributed by atoms with Crippen LogP contribution in [0.15, 0.2) is 35.6 Å². The molecule has 0 fully saturated rings. The third-order valence-electron chi connectivity index (χ3n) is 3.23. The lowest BCUT2D eigenvalue weighted by Gasteiger charge is -2.21. The summed E-state index contributed by atoms with van der Waals surface area (Å²) in [6.07, 6.45) is 1.55. The van der Waals surface area contributed by atoms with E-state index in [1.165, 1.54) is 0 Å². The van der Waals surface area contributed by atoms with Gasteiger partial charge in [-0.25, -0.2) is 9.98 Å². The van der Waals surface area contributed by atoms with E-state index in [4.69, 9.17) is 0 Å². The van der Waals surface area contributed by atoms with Crippen molar-refractivity contribution < 1.29 is 5.11 Å². The zero-order chi connectivity index (χ0) is 15.9. The Morgan fingerprint density at radius 2 is 2.09 bits per heavy atom. The summed E-state index contributed by atoms with van der Waals surface area (Å²) >= 11 is 0. The van der Waals surface area contributed by atoms with Crippen molar-refractivity contribution in [3.05, 3.63) is 42.0 Å². The lowest BCUT2D eigenvalue weighted by Crippen LogP contribution is -2.39. The number of hydrogen-bond donors (Lipinski definition) is 2. The molecular weight excluding hydrogens is 280 g/mol. The van der Waals surface area contributed by atoms with Crippen LogP contribution < -0.4 is 5.32 Å². The molecule has 0 radical (unpaired) electrons. The lowest BCUT2D eigenvalue weighted by atomic mass is 10.2. The number of aromatic nitrogens is 3. The van der Waals surface area contributed by atoms with E-state index in [0.29, 0.717) is 13.1 Å². The average Bonchev–Trinajstić information content (AvgIpc) is 2.90. The molecule has 7 nitrogen and oxygen atoms in total. The summed E-state index contributed by atoms with van der Waals surface area (Å²) in [6, 6.07) is 7.07.